The average molecular weight is 382 g/mol. The summed E-state index contributed by atoms with van der Waals surface area (Å²) in [5, 5.41) is 5.59. The second kappa shape index (κ2) is 9.40. The zero-order valence-corrected chi connectivity index (χ0v) is 15.2. The van der Waals surface area contributed by atoms with E-state index < -0.39 is 5.91 Å². The lowest BCUT2D eigenvalue weighted by molar-refractivity contribution is -0.123. The van der Waals surface area contributed by atoms with E-state index >= 15 is 0 Å². The number of nitrogens with two attached hydrogens (primary N) is 2. The van der Waals surface area contributed by atoms with Gasteiger partial charge in [0.2, 0.25) is 11.8 Å². The lowest BCUT2D eigenvalue weighted by atomic mass is 9.97. The van der Waals surface area contributed by atoms with E-state index in [1.165, 1.54) is 12.1 Å². The number of carbonyl (C=O) groups is 3. The molecule has 142 valence electrons. The molecule has 1 aromatic carbocycles. The molecule has 0 spiro atoms. The predicted molar refractivity (Wildman–Crippen MR) is 100.0 cm³/mol. The van der Waals surface area contributed by atoms with Gasteiger partial charge in [0.15, 0.2) is 0 Å². The number of carbonyl (C=O) groups excluding carboxylic acids is 3. The summed E-state index contributed by atoms with van der Waals surface area (Å²) in [5.74, 6) is -0.941. The van der Waals surface area contributed by atoms with E-state index in [-0.39, 0.29) is 28.4 Å². The molecule has 8 nitrogen and oxygen atoms in total. The molecule has 4 amide bonds. The molecule has 1 aliphatic rings. The van der Waals surface area contributed by atoms with Crippen LogP contribution >= 0.6 is 11.6 Å². The van der Waals surface area contributed by atoms with Gasteiger partial charge in [0.1, 0.15) is 0 Å². The zero-order chi connectivity index (χ0) is 19.1. The normalized spacial score (nSPS) is 17.5. The Morgan fingerprint density at radius 1 is 1.27 bits per heavy atom. The molecule has 1 aliphatic heterocycles. The maximum Gasteiger partial charge on any atom is 0.319 e. The number of hydrogen-bond donors (Lipinski definition) is 4. The van der Waals surface area contributed by atoms with E-state index in [4.69, 9.17) is 23.1 Å². The molecule has 26 heavy (non-hydrogen) atoms. The van der Waals surface area contributed by atoms with Gasteiger partial charge >= 0.3 is 6.03 Å². The van der Waals surface area contributed by atoms with Gasteiger partial charge in [-0.3, -0.25) is 9.59 Å². The molecule has 0 saturated carbocycles. The van der Waals surface area contributed by atoms with Crippen molar-refractivity contribution in [1.29, 1.82) is 0 Å². The number of rotatable bonds is 7. The number of halogens is 1. The van der Waals surface area contributed by atoms with Crippen LogP contribution < -0.4 is 22.1 Å². The van der Waals surface area contributed by atoms with Gasteiger partial charge in [-0.1, -0.05) is 11.6 Å². The zero-order valence-electron chi connectivity index (χ0n) is 14.5. The third kappa shape index (κ3) is 5.89. The Hall–Kier alpha value is -2.32. The van der Waals surface area contributed by atoms with Crippen molar-refractivity contribution < 1.29 is 14.4 Å². The molecule has 0 aromatic heterocycles. The molecule has 1 atom stereocenters. The second-order valence-electron chi connectivity index (χ2n) is 6.34. The molecule has 1 heterocycles. The van der Waals surface area contributed by atoms with Crippen LogP contribution in [0.25, 0.3) is 0 Å². The molecule has 0 aliphatic carbocycles. The highest BCUT2D eigenvalue weighted by atomic mass is 35.5. The van der Waals surface area contributed by atoms with E-state index in [1.54, 1.807) is 6.07 Å². The van der Waals surface area contributed by atoms with Gasteiger partial charge in [0.05, 0.1) is 16.5 Å². The number of likely N-dealkylation sites (tertiary alicyclic amines) is 1. The Morgan fingerprint density at radius 2 is 2.04 bits per heavy atom. The van der Waals surface area contributed by atoms with Crippen molar-refractivity contribution >= 4 is 35.1 Å². The summed E-state index contributed by atoms with van der Waals surface area (Å²) >= 11 is 5.94. The van der Waals surface area contributed by atoms with Gasteiger partial charge in [0.25, 0.3) is 0 Å². The number of nitrogens with zero attached hydrogens (tertiary/aromatic N) is 1. The van der Waals surface area contributed by atoms with Crippen LogP contribution in [0.3, 0.4) is 0 Å². The Labute approximate surface area is 157 Å². The monoisotopic (exact) mass is 381 g/mol. The highest BCUT2D eigenvalue weighted by Gasteiger charge is 2.23. The summed E-state index contributed by atoms with van der Waals surface area (Å²) in [5.41, 5.74) is 11.2. The van der Waals surface area contributed by atoms with Crippen LogP contribution in [0, 0.1) is 5.92 Å². The third-order valence-electron chi connectivity index (χ3n) is 4.34. The quantitative estimate of drug-likeness (QED) is 0.527. The van der Waals surface area contributed by atoms with Gasteiger partial charge in [0, 0.05) is 18.8 Å². The number of primary amides is 2. The molecule has 1 aromatic rings. The minimum absolute atomic E-state index is 0.0758. The molecule has 6 N–H and O–H groups in total. The highest BCUT2D eigenvalue weighted by molar-refractivity contribution is 6.34. The summed E-state index contributed by atoms with van der Waals surface area (Å²) in [4.78, 5) is 36.5. The fourth-order valence-electron chi connectivity index (χ4n) is 2.96. The van der Waals surface area contributed by atoms with Gasteiger partial charge in [-0.2, -0.15) is 0 Å². The molecule has 9 heteroatoms. The smallest absolute Gasteiger partial charge is 0.319 e. The van der Waals surface area contributed by atoms with E-state index in [2.05, 4.69) is 15.5 Å². The van der Waals surface area contributed by atoms with Gasteiger partial charge in [-0.15, -0.1) is 0 Å². The Kier molecular flexibility index (Phi) is 7.23. The first kappa shape index (κ1) is 20.0. The molecular formula is C17H24ClN5O3. The summed E-state index contributed by atoms with van der Waals surface area (Å²) in [7, 11) is 0. The van der Waals surface area contributed by atoms with E-state index in [9.17, 15) is 14.4 Å². The number of hydrogen-bond acceptors (Lipinski definition) is 4. The van der Waals surface area contributed by atoms with Gasteiger partial charge < -0.3 is 27.0 Å². The molecule has 1 fully saturated rings. The third-order valence-corrected chi connectivity index (χ3v) is 4.65. The van der Waals surface area contributed by atoms with Gasteiger partial charge in [-0.25, -0.2) is 4.79 Å². The summed E-state index contributed by atoms with van der Waals surface area (Å²) in [6.07, 6.45) is 2.58. The lowest BCUT2D eigenvalue weighted by Crippen LogP contribution is -2.42. The maximum absolute atomic E-state index is 11.9. The molecule has 1 saturated heterocycles. The maximum atomic E-state index is 11.9. The fourth-order valence-corrected chi connectivity index (χ4v) is 3.24. The topological polar surface area (TPSA) is 131 Å². The van der Waals surface area contributed by atoms with Crippen LogP contribution in [-0.4, -0.2) is 48.9 Å². The highest BCUT2D eigenvalue weighted by Crippen LogP contribution is 2.20. The van der Waals surface area contributed by atoms with Crippen molar-refractivity contribution in [1.82, 2.24) is 10.2 Å². The van der Waals surface area contributed by atoms with Crippen molar-refractivity contribution in [2.45, 2.75) is 19.3 Å². The minimum atomic E-state index is -0.623. The van der Waals surface area contributed by atoms with Crippen molar-refractivity contribution in [3.05, 3.63) is 28.8 Å². The summed E-state index contributed by atoms with van der Waals surface area (Å²) in [6.45, 7) is 2.92. The van der Waals surface area contributed by atoms with Crippen molar-refractivity contribution in [2.75, 3.05) is 31.5 Å². The fraction of sp³-hybridized carbons (Fsp3) is 0.471. The van der Waals surface area contributed by atoms with E-state index in [0.29, 0.717) is 18.8 Å². The molecule has 0 radical (unpaired) electrons. The van der Waals surface area contributed by atoms with E-state index in [0.717, 1.165) is 32.4 Å². The number of amides is 4. The molecule has 0 bridgehead atoms. The van der Waals surface area contributed by atoms with Crippen LogP contribution in [0.1, 0.15) is 29.6 Å². The van der Waals surface area contributed by atoms with Crippen LogP contribution in [0.15, 0.2) is 18.2 Å². The first-order valence-electron chi connectivity index (χ1n) is 8.52. The molecular weight excluding hydrogens is 358 g/mol. The Morgan fingerprint density at radius 3 is 2.69 bits per heavy atom. The van der Waals surface area contributed by atoms with Crippen molar-refractivity contribution in [3.63, 3.8) is 0 Å². The van der Waals surface area contributed by atoms with Crippen LogP contribution in [0.5, 0.6) is 0 Å². The standard InChI is InChI=1S/C17H24ClN5O3/c18-14-9-12(4-5-13(14)16(20)25)22-17(26)21-6-2-8-23-7-1-3-11(10-23)15(19)24/h4-5,9,11H,1-3,6-8,10H2,(H2,19,24)(H2,20,25)(H2,21,22,26)/t11-/m0/s1. The predicted octanol–water partition coefficient (Wildman–Crippen LogP) is 1.15. The van der Waals surface area contributed by atoms with E-state index in [1.807, 2.05) is 0 Å². The summed E-state index contributed by atoms with van der Waals surface area (Å²) < 4.78 is 0. The molecule has 2 rings (SSSR count). The van der Waals surface area contributed by atoms with Crippen LogP contribution in [0.2, 0.25) is 5.02 Å². The number of piperidine rings is 1. The number of urea groups is 1. The Balaban J connectivity index is 1.70. The van der Waals surface area contributed by atoms with Crippen LogP contribution in [-0.2, 0) is 4.79 Å². The first-order valence-corrected chi connectivity index (χ1v) is 8.90. The molecule has 0 unspecified atom stereocenters. The Bertz CT molecular complexity index is 682. The SMILES string of the molecule is NC(=O)c1ccc(NC(=O)NCCCN2CCC[C@H](C(N)=O)C2)cc1Cl. The van der Waals surface area contributed by atoms with Crippen LogP contribution in [0.4, 0.5) is 10.5 Å². The number of anilines is 1. The minimum Gasteiger partial charge on any atom is -0.369 e. The first-order chi connectivity index (χ1) is 12.4. The number of nitrogens with one attached hydrogen (secondary N) is 2. The average Bonchev–Trinajstić information content (AvgIpc) is 2.58. The van der Waals surface area contributed by atoms with Gasteiger partial charge in [-0.05, 0) is 50.6 Å². The summed E-state index contributed by atoms with van der Waals surface area (Å²) in [6, 6.07) is 4.13. The van der Waals surface area contributed by atoms with Crippen molar-refractivity contribution in [2.24, 2.45) is 17.4 Å². The number of benzene rings is 1. The second-order valence-corrected chi connectivity index (χ2v) is 6.74. The van der Waals surface area contributed by atoms with Crippen molar-refractivity contribution in [3.8, 4) is 0 Å². The largest absolute Gasteiger partial charge is 0.369 e. The lowest BCUT2D eigenvalue weighted by Gasteiger charge is -2.31.